The van der Waals surface area contributed by atoms with Crippen LogP contribution in [0, 0.1) is 10.8 Å². The fourth-order valence-corrected chi connectivity index (χ4v) is 4.55. The van der Waals surface area contributed by atoms with E-state index in [1.807, 2.05) is 0 Å². The van der Waals surface area contributed by atoms with Crippen molar-refractivity contribution in [2.75, 3.05) is 13.2 Å². The molecule has 104 valence electrons. The van der Waals surface area contributed by atoms with E-state index < -0.39 is 0 Å². The zero-order chi connectivity index (χ0) is 12.6. The molecule has 0 unspecified atom stereocenters. The second-order valence-electron chi connectivity index (χ2n) is 7.36. The second kappa shape index (κ2) is 4.77. The first kappa shape index (κ1) is 12.9. The molecule has 3 aliphatic carbocycles. The van der Waals surface area contributed by atoms with Gasteiger partial charge in [0, 0.05) is 30.7 Å². The zero-order valence-electron chi connectivity index (χ0n) is 11.5. The van der Waals surface area contributed by atoms with E-state index in [9.17, 15) is 5.11 Å². The van der Waals surface area contributed by atoms with Gasteiger partial charge in [0.05, 0.1) is 0 Å². The number of rotatable bonds is 4. The number of aliphatic hydroxyl groups excluding tert-OH is 1. The summed E-state index contributed by atoms with van der Waals surface area (Å²) in [6.45, 7) is 1.39. The van der Waals surface area contributed by atoms with Crippen LogP contribution in [-0.2, 0) is 0 Å². The molecular weight excluding hydrogens is 224 g/mol. The molecule has 3 saturated carbocycles. The van der Waals surface area contributed by atoms with Gasteiger partial charge in [0.2, 0.25) is 0 Å². The number of hydrogen-bond donors (Lipinski definition) is 3. The molecule has 0 radical (unpaired) electrons. The fourth-order valence-electron chi connectivity index (χ4n) is 4.55. The Hall–Kier alpha value is -0.120. The summed E-state index contributed by atoms with van der Waals surface area (Å²) in [7, 11) is 0. The Morgan fingerprint density at radius 2 is 1.78 bits per heavy atom. The van der Waals surface area contributed by atoms with Crippen LogP contribution in [0.2, 0.25) is 0 Å². The molecule has 3 aliphatic rings. The number of aliphatic hydroxyl groups is 1. The zero-order valence-corrected chi connectivity index (χ0v) is 11.5. The highest BCUT2D eigenvalue weighted by atomic mass is 16.3. The van der Waals surface area contributed by atoms with Crippen LogP contribution in [-0.4, -0.2) is 30.3 Å². The summed E-state index contributed by atoms with van der Waals surface area (Å²) in [6, 6.07) is 1.07. The molecule has 0 aromatic heterocycles. The van der Waals surface area contributed by atoms with Crippen molar-refractivity contribution in [1.29, 1.82) is 0 Å². The Balaban J connectivity index is 1.44. The van der Waals surface area contributed by atoms with Crippen molar-refractivity contribution < 1.29 is 5.11 Å². The van der Waals surface area contributed by atoms with Crippen LogP contribution in [0.4, 0.5) is 0 Å². The van der Waals surface area contributed by atoms with Crippen molar-refractivity contribution in [2.45, 2.75) is 69.9 Å². The minimum atomic E-state index is 0.208. The van der Waals surface area contributed by atoms with Crippen molar-refractivity contribution >= 4 is 0 Å². The van der Waals surface area contributed by atoms with Crippen molar-refractivity contribution in [3.05, 3.63) is 0 Å². The maximum absolute atomic E-state index is 9.70. The highest BCUT2D eigenvalue weighted by molar-refractivity contribution is 5.07. The lowest BCUT2D eigenvalue weighted by molar-refractivity contribution is -0.120. The largest absolute Gasteiger partial charge is 0.396 e. The quantitative estimate of drug-likeness (QED) is 0.715. The average Bonchev–Trinajstić information content (AvgIpc) is 2.28. The van der Waals surface area contributed by atoms with E-state index in [1.54, 1.807) is 0 Å². The molecule has 4 N–H and O–H groups in total. The van der Waals surface area contributed by atoms with Crippen molar-refractivity contribution in [3.63, 3.8) is 0 Å². The second-order valence-corrected chi connectivity index (χ2v) is 7.36. The van der Waals surface area contributed by atoms with Gasteiger partial charge in [0.15, 0.2) is 0 Å². The molecule has 3 rings (SSSR count). The number of nitrogens with two attached hydrogens (primary N) is 1. The summed E-state index contributed by atoms with van der Waals surface area (Å²) < 4.78 is 0. The molecule has 1 spiro atoms. The Labute approximate surface area is 111 Å². The predicted octanol–water partition coefficient (Wildman–Crippen LogP) is 1.79. The minimum absolute atomic E-state index is 0.208. The molecular formula is C15H28N2O. The van der Waals surface area contributed by atoms with Gasteiger partial charge >= 0.3 is 0 Å². The molecule has 18 heavy (non-hydrogen) atoms. The highest BCUT2D eigenvalue weighted by Gasteiger charge is 2.56. The lowest BCUT2D eigenvalue weighted by atomic mass is 9.45. The van der Waals surface area contributed by atoms with Gasteiger partial charge in [-0.3, -0.25) is 0 Å². The van der Waals surface area contributed by atoms with Gasteiger partial charge in [-0.15, -0.1) is 0 Å². The van der Waals surface area contributed by atoms with E-state index in [0.29, 0.717) is 24.1 Å². The number of nitrogens with one attached hydrogen (secondary N) is 1. The van der Waals surface area contributed by atoms with Gasteiger partial charge in [0.25, 0.3) is 0 Å². The molecule has 3 heteroatoms. The first-order valence-corrected chi connectivity index (χ1v) is 7.75. The molecule has 0 amide bonds. The van der Waals surface area contributed by atoms with Crippen LogP contribution >= 0.6 is 0 Å². The Bertz CT molecular complexity index is 285. The Morgan fingerprint density at radius 1 is 1.11 bits per heavy atom. The molecule has 0 saturated heterocycles. The molecule has 0 aromatic carbocycles. The van der Waals surface area contributed by atoms with Gasteiger partial charge in [-0.25, -0.2) is 0 Å². The molecule has 3 fully saturated rings. The summed E-state index contributed by atoms with van der Waals surface area (Å²) in [5.41, 5.74) is 6.80. The third kappa shape index (κ3) is 2.33. The van der Waals surface area contributed by atoms with E-state index in [1.165, 1.54) is 44.9 Å². The lowest BCUT2D eigenvalue weighted by Crippen LogP contribution is -2.57. The standard InChI is InChI=1S/C15H28N2O/c16-12-2-4-13(5-3-12)17-10-15(11-18)8-14(9-15)6-1-7-14/h12-13,17-18H,1-11,16H2. The van der Waals surface area contributed by atoms with Crippen LogP contribution in [0.25, 0.3) is 0 Å². The first-order chi connectivity index (χ1) is 8.65. The van der Waals surface area contributed by atoms with Gasteiger partial charge in [-0.05, 0) is 56.8 Å². The Kier molecular flexibility index (Phi) is 3.41. The lowest BCUT2D eigenvalue weighted by Gasteiger charge is -2.61. The van der Waals surface area contributed by atoms with Crippen LogP contribution in [0.1, 0.15) is 57.8 Å². The van der Waals surface area contributed by atoms with Crippen LogP contribution in [0.5, 0.6) is 0 Å². The van der Waals surface area contributed by atoms with Crippen LogP contribution in [0.15, 0.2) is 0 Å². The third-order valence-corrected chi connectivity index (χ3v) is 5.79. The summed E-state index contributed by atoms with van der Waals surface area (Å²) in [4.78, 5) is 0. The average molecular weight is 252 g/mol. The van der Waals surface area contributed by atoms with Crippen LogP contribution in [0.3, 0.4) is 0 Å². The smallest absolute Gasteiger partial charge is 0.0500 e. The molecule has 0 aliphatic heterocycles. The van der Waals surface area contributed by atoms with Gasteiger partial charge in [-0.2, -0.15) is 0 Å². The molecule has 0 heterocycles. The minimum Gasteiger partial charge on any atom is -0.396 e. The van der Waals surface area contributed by atoms with Crippen molar-refractivity contribution in [3.8, 4) is 0 Å². The first-order valence-electron chi connectivity index (χ1n) is 7.75. The summed E-state index contributed by atoms with van der Waals surface area (Å²) in [5, 5.41) is 13.4. The number of hydrogen-bond acceptors (Lipinski definition) is 3. The van der Waals surface area contributed by atoms with Gasteiger partial charge in [-0.1, -0.05) is 6.42 Å². The van der Waals surface area contributed by atoms with Gasteiger partial charge in [0.1, 0.15) is 0 Å². The molecule has 3 nitrogen and oxygen atoms in total. The van der Waals surface area contributed by atoms with E-state index in [4.69, 9.17) is 5.73 Å². The highest BCUT2D eigenvalue weighted by Crippen LogP contribution is 2.64. The van der Waals surface area contributed by atoms with Crippen molar-refractivity contribution in [2.24, 2.45) is 16.6 Å². The maximum Gasteiger partial charge on any atom is 0.0500 e. The van der Waals surface area contributed by atoms with Crippen LogP contribution < -0.4 is 11.1 Å². The van der Waals surface area contributed by atoms with E-state index >= 15 is 0 Å². The summed E-state index contributed by atoms with van der Waals surface area (Å²) in [6.07, 6.45) is 11.5. The topological polar surface area (TPSA) is 58.3 Å². The third-order valence-electron chi connectivity index (χ3n) is 5.79. The predicted molar refractivity (Wildman–Crippen MR) is 73.3 cm³/mol. The molecule has 0 bridgehead atoms. The maximum atomic E-state index is 9.70. The van der Waals surface area contributed by atoms with Crippen molar-refractivity contribution in [1.82, 2.24) is 5.32 Å². The summed E-state index contributed by atoms with van der Waals surface area (Å²) in [5.74, 6) is 0. The van der Waals surface area contributed by atoms with E-state index in [0.717, 1.165) is 19.4 Å². The molecule has 0 atom stereocenters. The fraction of sp³-hybridized carbons (Fsp3) is 1.00. The monoisotopic (exact) mass is 252 g/mol. The SMILES string of the molecule is NC1CCC(NCC2(CO)CC3(CCC3)C2)CC1. The molecule has 0 aromatic rings. The van der Waals surface area contributed by atoms with E-state index in [-0.39, 0.29) is 5.41 Å². The summed E-state index contributed by atoms with van der Waals surface area (Å²) >= 11 is 0. The Morgan fingerprint density at radius 3 is 2.28 bits per heavy atom. The normalized spacial score (nSPS) is 37.0. The van der Waals surface area contributed by atoms with E-state index in [2.05, 4.69) is 5.32 Å². The van der Waals surface area contributed by atoms with Gasteiger partial charge < -0.3 is 16.2 Å².